The molecular formula is C24H28N2O5. The second-order valence-electron chi connectivity index (χ2n) is 7.68. The molecule has 0 spiro atoms. The summed E-state index contributed by atoms with van der Waals surface area (Å²) in [5.74, 6) is 0.464. The molecule has 164 valence electrons. The van der Waals surface area contributed by atoms with E-state index in [1.165, 1.54) is 0 Å². The smallest absolute Gasteiger partial charge is 0.338 e. The summed E-state index contributed by atoms with van der Waals surface area (Å²) >= 11 is 0. The van der Waals surface area contributed by atoms with Gasteiger partial charge in [0.1, 0.15) is 6.61 Å². The van der Waals surface area contributed by atoms with Crippen molar-refractivity contribution in [3.8, 4) is 11.5 Å². The highest BCUT2D eigenvalue weighted by Crippen LogP contribution is 2.39. The fourth-order valence-electron chi connectivity index (χ4n) is 3.51. The Hall–Kier alpha value is -3.48. The third-order valence-electron chi connectivity index (χ3n) is 4.84. The highest BCUT2D eigenvalue weighted by molar-refractivity contribution is 5.95. The van der Waals surface area contributed by atoms with Crippen LogP contribution in [0.2, 0.25) is 0 Å². The van der Waals surface area contributed by atoms with Gasteiger partial charge < -0.3 is 24.8 Å². The molecule has 0 saturated carbocycles. The van der Waals surface area contributed by atoms with Gasteiger partial charge in [-0.05, 0) is 39.3 Å². The number of rotatable bonds is 7. The maximum absolute atomic E-state index is 12.8. The van der Waals surface area contributed by atoms with Crippen LogP contribution < -0.4 is 20.1 Å². The van der Waals surface area contributed by atoms with Crippen LogP contribution in [0.4, 0.5) is 4.79 Å². The summed E-state index contributed by atoms with van der Waals surface area (Å²) < 4.78 is 17.1. The Balaban J connectivity index is 2.02. The van der Waals surface area contributed by atoms with Gasteiger partial charge >= 0.3 is 12.0 Å². The lowest BCUT2D eigenvalue weighted by Crippen LogP contribution is -2.45. The molecule has 1 atom stereocenters. The molecule has 1 unspecified atom stereocenters. The van der Waals surface area contributed by atoms with Crippen LogP contribution in [-0.4, -0.2) is 25.2 Å². The Labute approximate surface area is 182 Å². The number of hydrogen-bond acceptors (Lipinski definition) is 5. The zero-order valence-electron chi connectivity index (χ0n) is 18.4. The minimum absolute atomic E-state index is 0.298. The van der Waals surface area contributed by atoms with E-state index in [1.54, 1.807) is 46.1 Å². The SMILES string of the molecule is COc1cccc(C2NC(=O)NC(C)=C2C(=O)OC(C)C)c1OCc1cccc(C)c1. The van der Waals surface area contributed by atoms with E-state index in [2.05, 4.69) is 10.6 Å². The van der Waals surface area contributed by atoms with Gasteiger partial charge in [0.25, 0.3) is 0 Å². The van der Waals surface area contributed by atoms with Gasteiger partial charge in [0.2, 0.25) is 0 Å². The van der Waals surface area contributed by atoms with Crippen LogP contribution in [0.5, 0.6) is 11.5 Å². The second kappa shape index (κ2) is 9.55. The van der Waals surface area contributed by atoms with Gasteiger partial charge in [-0.2, -0.15) is 0 Å². The van der Waals surface area contributed by atoms with Crippen LogP contribution in [0.1, 0.15) is 43.5 Å². The fraction of sp³-hybridized carbons (Fsp3) is 0.333. The van der Waals surface area contributed by atoms with Crippen LogP contribution >= 0.6 is 0 Å². The van der Waals surface area contributed by atoms with E-state index < -0.39 is 18.0 Å². The molecule has 2 N–H and O–H groups in total. The summed E-state index contributed by atoms with van der Waals surface area (Å²) in [5.41, 5.74) is 3.49. The lowest BCUT2D eigenvalue weighted by molar-refractivity contribution is -0.143. The normalized spacial score (nSPS) is 15.9. The van der Waals surface area contributed by atoms with Crippen molar-refractivity contribution in [1.29, 1.82) is 0 Å². The third kappa shape index (κ3) is 5.17. The lowest BCUT2D eigenvalue weighted by Gasteiger charge is -2.30. The minimum Gasteiger partial charge on any atom is -0.493 e. The number of hydrogen-bond donors (Lipinski definition) is 2. The molecule has 7 nitrogen and oxygen atoms in total. The summed E-state index contributed by atoms with van der Waals surface area (Å²) in [6.45, 7) is 7.56. The Kier molecular flexibility index (Phi) is 6.84. The third-order valence-corrected chi connectivity index (χ3v) is 4.84. The van der Waals surface area contributed by atoms with Crippen molar-refractivity contribution in [1.82, 2.24) is 10.6 Å². The van der Waals surface area contributed by atoms with Crippen molar-refractivity contribution in [3.05, 3.63) is 70.4 Å². The number of amides is 2. The second-order valence-corrected chi connectivity index (χ2v) is 7.68. The van der Waals surface area contributed by atoms with Crippen LogP contribution in [0, 0.1) is 6.92 Å². The molecular weight excluding hydrogens is 396 g/mol. The van der Waals surface area contributed by atoms with Crippen LogP contribution in [0.15, 0.2) is 53.7 Å². The van der Waals surface area contributed by atoms with Crippen LogP contribution in [0.25, 0.3) is 0 Å². The molecule has 2 amide bonds. The molecule has 1 aliphatic rings. The zero-order chi connectivity index (χ0) is 22.5. The van der Waals surface area contributed by atoms with Gasteiger partial charge in [0.05, 0.1) is 24.8 Å². The van der Waals surface area contributed by atoms with Crippen molar-refractivity contribution >= 4 is 12.0 Å². The average molecular weight is 424 g/mol. The van der Waals surface area contributed by atoms with Gasteiger partial charge in [-0.15, -0.1) is 0 Å². The molecule has 2 aromatic rings. The summed E-state index contributed by atoms with van der Waals surface area (Å²) in [5, 5.41) is 5.47. The predicted molar refractivity (Wildman–Crippen MR) is 117 cm³/mol. The molecule has 0 saturated heterocycles. The van der Waals surface area contributed by atoms with E-state index >= 15 is 0 Å². The molecule has 0 radical (unpaired) electrons. The Morgan fingerprint density at radius 3 is 2.55 bits per heavy atom. The van der Waals surface area contributed by atoms with E-state index in [1.807, 2.05) is 31.2 Å². The maximum atomic E-state index is 12.8. The Morgan fingerprint density at radius 2 is 1.87 bits per heavy atom. The van der Waals surface area contributed by atoms with E-state index in [0.29, 0.717) is 34.9 Å². The maximum Gasteiger partial charge on any atom is 0.338 e. The van der Waals surface area contributed by atoms with E-state index in [0.717, 1.165) is 11.1 Å². The Morgan fingerprint density at radius 1 is 1.13 bits per heavy atom. The van der Waals surface area contributed by atoms with Gasteiger partial charge in [0, 0.05) is 11.3 Å². The number of para-hydroxylation sites is 1. The quantitative estimate of drug-likeness (QED) is 0.652. The number of carbonyl (C=O) groups is 2. The highest BCUT2D eigenvalue weighted by atomic mass is 16.5. The van der Waals surface area contributed by atoms with Crippen molar-refractivity contribution in [3.63, 3.8) is 0 Å². The van der Waals surface area contributed by atoms with Gasteiger partial charge in [-0.1, -0.05) is 42.0 Å². The number of aryl methyl sites for hydroxylation is 1. The molecule has 2 aromatic carbocycles. The summed E-state index contributed by atoms with van der Waals surface area (Å²) in [6.07, 6.45) is -0.298. The summed E-state index contributed by atoms with van der Waals surface area (Å²) in [4.78, 5) is 25.1. The first-order valence-corrected chi connectivity index (χ1v) is 10.1. The number of methoxy groups -OCH3 is 1. The molecule has 3 rings (SSSR count). The van der Waals surface area contributed by atoms with Crippen LogP contribution in [-0.2, 0) is 16.1 Å². The predicted octanol–water partition coefficient (Wildman–Crippen LogP) is 4.16. The molecule has 31 heavy (non-hydrogen) atoms. The molecule has 0 fully saturated rings. The van der Waals surface area contributed by atoms with E-state index in [9.17, 15) is 9.59 Å². The molecule has 0 bridgehead atoms. The number of nitrogens with one attached hydrogen (secondary N) is 2. The monoisotopic (exact) mass is 424 g/mol. The summed E-state index contributed by atoms with van der Waals surface area (Å²) in [6, 6.07) is 12.2. The largest absolute Gasteiger partial charge is 0.493 e. The van der Waals surface area contributed by atoms with Crippen molar-refractivity contribution in [2.24, 2.45) is 0 Å². The number of carbonyl (C=O) groups excluding carboxylic acids is 2. The fourth-order valence-corrected chi connectivity index (χ4v) is 3.51. The Bertz CT molecular complexity index is 1010. The number of urea groups is 1. The zero-order valence-corrected chi connectivity index (χ0v) is 18.4. The topological polar surface area (TPSA) is 85.9 Å². The van der Waals surface area contributed by atoms with Crippen molar-refractivity contribution in [2.45, 2.75) is 46.4 Å². The van der Waals surface area contributed by atoms with Gasteiger partial charge in [-0.3, -0.25) is 0 Å². The van der Waals surface area contributed by atoms with Gasteiger partial charge in [0.15, 0.2) is 11.5 Å². The van der Waals surface area contributed by atoms with Crippen molar-refractivity contribution < 1.29 is 23.8 Å². The van der Waals surface area contributed by atoms with Crippen LogP contribution in [0.3, 0.4) is 0 Å². The summed E-state index contributed by atoms with van der Waals surface area (Å²) in [7, 11) is 1.55. The number of benzene rings is 2. The highest BCUT2D eigenvalue weighted by Gasteiger charge is 2.35. The van der Waals surface area contributed by atoms with Gasteiger partial charge in [-0.25, -0.2) is 9.59 Å². The first kappa shape index (κ1) is 22.2. The molecule has 1 heterocycles. The van der Waals surface area contributed by atoms with E-state index in [-0.39, 0.29) is 6.10 Å². The number of ether oxygens (including phenoxy) is 3. The molecule has 7 heteroatoms. The standard InChI is InChI=1S/C24H28N2O5/c1-14(2)31-23(27)20-16(4)25-24(28)26-21(20)18-10-7-11-19(29-5)22(18)30-13-17-9-6-8-15(3)12-17/h6-12,14,21H,13H2,1-5H3,(H2,25,26,28). The average Bonchev–Trinajstić information content (AvgIpc) is 2.70. The van der Waals surface area contributed by atoms with Crippen molar-refractivity contribution in [2.75, 3.05) is 7.11 Å². The van der Waals surface area contributed by atoms with E-state index in [4.69, 9.17) is 14.2 Å². The number of allylic oxidation sites excluding steroid dienone is 1. The lowest BCUT2D eigenvalue weighted by atomic mass is 9.94. The number of esters is 1. The molecule has 1 aliphatic heterocycles. The molecule has 0 aromatic heterocycles. The first-order chi connectivity index (χ1) is 14.8. The first-order valence-electron chi connectivity index (χ1n) is 10.1. The minimum atomic E-state index is -0.748. The molecule has 0 aliphatic carbocycles.